The van der Waals surface area contributed by atoms with Crippen LogP contribution in [0.5, 0.6) is 0 Å². The molecule has 0 atom stereocenters. The molecule has 3 heterocycles. The van der Waals surface area contributed by atoms with Crippen LogP contribution in [-0.2, 0) is 16.1 Å². The second kappa shape index (κ2) is 8.46. The maximum absolute atomic E-state index is 12.5. The number of hydrogen-bond donors (Lipinski definition) is 1. The Labute approximate surface area is 184 Å². The molecule has 0 bridgehead atoms. The van der Waals surface area contributed by atoms with Gasteiger partial charge in [-0.25, -0.2) is 15.0 Å². The lowest BCUT2D eigenvalue weighted by Gasteiger charge is -2.12. The number of fused-ring (bicyclic) bond motifs is 1. The Kier molecular flexibility index (Phi) is 5.55. The van der Waals surface area contributed by atoms with Crippen LogP contribution in [0.25, 0.3) is 28.2 Å². The molecular weight excluding hydrogens is 408 g/mol. The van der Waals surface area contributed by atoms with Gasteiger partial charge < -0.3 is 15.4 Å². The highest BCUT2D eigenvalue weighted by Gasteiger charge is 2.20. The van der Waals surface area contributed by atoms with E-state index in [0.717, 1.165) is 11.3 Å². The number of hydrogen-bond acceptors (Lipinski definition) is 7. The fourth-order valence-corrected chi connectivity index (χ4v) is 3.26. The second-order valence-electron chi connectivity index (χ2n) is 7.39. The lowest BCUT2D eigenvalue weighted by molar-refractivity contribution is -0.142. The lowest BCUT2D eigenvalue weighted by Crippen LogP contribution is -2.22. The fraction of sp³-hybridized carbons (Fsp3) is 0.174. The van der Waals surface area contributed by atoms with E-state index in [2.05, 4.69) is 9.97 Å². The fourth-order valence-electron chi connectivity index (χ4n) is 3.26. The van der Waals surface area contributed by atoms with Crippen LogP contribution in [0.2, 0.25) is 0 Å². The normalized spacial score (nSPS) is 10.8. The zero-order valence-corrected chi connectivity index (χ0v) is 17.9. The molecule has 0 saturated carbocycles. The number of benzene rings is 1. The summed E-state index contributed by atoms with van der Waals surface area (Å²) in [5.41, 5.74) is 9.83. The van der Waals surface area contributed by atoms with Crippen LogP contribution in [0.1, 0.15) is 23.0 Å². The monoisotopic (exact) mass is 430 g/mol. The van der Waals surface area contributed by atoms with Crippen molar-refractivity contribution in [3.63, 3.8) is 0 Å². The first-order valence-corrected chi connectivity index (χ1v) is 9.90. The van der Waals surface area contributed by atoms with Gasteiger partial charge in [0.15, 0.2) is 11.5 Å². The molecule has 0 unspecified atom stereocenters. The van der Waals surface area contributed by atoms with E-state index in [9.17, 15) is 9.59 Å². The smallest absolute Gasteiger partial charge is 0.302 e. The third-order valence-corrected chi connectivity index (χ3v) is 4.85. The molecule has 4 aromatic rings. The first kappa shape index (κ1) is 21.0. The summed E-state index contributed by atoms with van der Waals surface area (Å²) < 4.78 is 6.90. The van der Waals surface area contributed by atoms with Gasteiger partial charge >= 0.3 is 5.97 Å². The van der Waals surface area contributed by atoms with Crippen molar-refractivity contribution >= 4 is 28.9 Å². The van der Waals surface area contributed by atoms with Crippen molar-refractivity contribution < 1.29 is 14.3 Å². The number of anilines is 1. The van der Waals surface area contributed by atoms with Gasteiger partial charge in [-0.3, -0.25) is 14.2 Å². The Balaban J connectivity index is 1.90. The van der Waals surface area contributed by atoms with Gasteiger partial charge in [-0.2, -0.15) is 0 Å². The lowest BCUT2D eigenvalue weighted by atomic mass is 10.2. The molecule has 0 aliphatic heterocycles. The molecule has 1 aromatic carbocycles. The number of carbonyl (C=O) groups excluding carboxylic acids is 2. The molecule has 0 radical (unpaired) electrons. The standard InChI is InChI=1S/C23H22N6O3/c1-14(30)32-13-15-6-8-16(9-7-15)29-21(17-5-4-12-25-20(17)24)26-18-10-11-19(27-22(18)29)23(31)28(2)3/h4-12H,13H2,1-3H3,(H2,24,25). The minimum absolute atomic E-state index is 0.183. The molecule has 2 N–H and O–H groups in total. The van der Waals surface area contributed by atoms with Crippen molar-refractivity contribution in [3.05, 3.63) is 66.0 Å². The maximum atomic E-state index is 12.5. The van der Waals surface area contributed by atoms with Crippen LogP contribution in [0, 0.1) is 0 Å². The average molecular weight is 430 g/mol. The SMILES string of the molecule is CC(=O)OCc1ccc(-n2c(-c3cccnc3N)nc3ccc(C(=O)N(C)C)nc32)cc1. The number of esters is 1. The van der Waals surface area contributed by atoms with Crippen molar-refractivity contribution in [1.29, 1.82) is 0 Å². The highest BCUT2D eigenvalue weighted by atomic mass is 16.5. The van der Waals surface area contributed by atoms with Gasteiger partial charge in [0, 0.05) is 32.9 Å². The predicted molar refractivity (Wildman–Crippen MR) is 120 cm³/mol. The van der Waals surface area contributed by atoms with Crippen molar-refractivity contribution in [3.8, 4) is 17.1 Å². The number of imidazole rings is 1. The number of ether oxygens (including phenoxy) is 1. The van der Waals surface area contributed by atoms with Gasteiger partial charge in [0.1, 0.15) is 23.6 Å². The van der Waals surface area contributed by atoms with E-state index in [1.165, 1.54) is 11.8 Å². The van der Waals surface area contributed by atoms with E-state index in [0.29, 0.717) is 34.1 Å². The number of amides is 1. The van der Waals surface area contributed by atoms with Crippen molar-refractivity contribution in [2.24, 2.45) is 0 Å². The van der Waals surface area contributed by atoms with Crippen LogP contribution < -0.4 is 5.73 Å². The van der Waals surface area contributed by atoms with Gasteiger partial charge in [-0.1, -0.05) is 12.1 Å². The molecule has 9 heteroatoms. The second-order valence-corrected chi connectivity index (χ2v) is 7.39. The number of carbonyl (C=O) groups is 2. The van der Waals surface area contributed by atoms with Crippen LogP contribution in [0.15, 0.2) is 54.7 Å². The summed E-state index contributed by atoms with van der Waals surface area (Å²) in [6.45, 7) is 1.55. The Morgan fingerprint density at radius 3 is 2.47 bits per heavy atom. The van der Waals surface area contributed by atoms with Crippen LogP contribution in [0.4, 0.5) is 5.82 Å². The van der Waals surface area contributed by atoms with Gasteiger partial charge in [-0.15, -0.1) is 0 Å². The highest BCUT2D eigenvalue weighted by Crippen LogP contribution is 2.30. The van der Waals surface area contributed by atoms with Gasteiger partial charge in [0.05, 0.1) is 5.56 Å². The Morgan fingerprint density at radius 2 is 1.81 bits per heavy atom. The predicted octanol–water partition coefficient (Wildman–Crippen LogP) is 2.83. The van der Waals surface area contributed by atoms with Gasteiger partial charge in [-0.05, 0) is 42.0 Å². The van der Waals surface area contributed by atoms with Gasteiger partial charge in [0.2, 0.25) is 0 Å². The van der Waals surface area contributed by atoms with E-state index < -0.39 is 0 Å². The highest BCUT2D eigenvalue weighted by molar-refractivity contribution is 5.94. The molecule has 0 aliphatic rings. The molecule has 0 fully saturated rings. The summed E-state index contributed by atoms with van der Waals surface area (Å²) in [4.78, 5) is 38.6. The first-order chi connectivity index (χ1) is 15.3. The quantitative estimate of drug-likeness (QED) is 0.484. The molecule has 0 aliphatic carbocycles. The summed E-state index contributed by atoms with van der Waals surface area (Å²) in [7, 11) is 3.35. The molecule has 0 spiro atoms. The Bertz CT molecular complexity index is 1310. The van der Waals surface area contributed by atoms with Crippen molar-refractivity contribution in [2.45, 2.75) is 13.5 Å². The number of nitrogens with two attached hydrogens (primary N) is 1. The van der Waals surface area contributed by atoms with E-state index in [-0.39, 0.29) is 18.5 Å². The number of rotatable bonds is 5. The first-order valence-electron chi connectivity index (χ1n) is 9.90. The summed E-state index contributed by atoms with van der Waals surface area (Å²) in [6, 6.07) is 14.5. The Morgan fingerprint density at radius 1 is 1.06 bits per heavy atom. The van der Waals surface area contributed by atoms with Crippen molar-refractivity contribution in [1.82, 2.24) is 24.4 Å². The van der Waals surface area contributed by atoms with E-state index >= 15 is 0 Å². The molecule has 32 heavy (non-hydrogen) atoms. The Hall–Kier alpha value is -4.27. The number of pyridine rings is 2. The molecule has 162 valence electrons. The summed E-state index contributed by atoms with van der Waals surface area (Å²) in [5, 5.41) is 0. The maximum Gasteiger partial charge on any atom is 0.302 e. The molecule has 4 rings (SSSR count). The zero-order chi connectivity index (χ0) is 22.8. The van der Waals surface area contributed by atoms with E-state index in [4.69, 9.17) is 15.5 Å². The average Bonchev–Trinajstić information content (AvgIpc) is 3.16. The number of aromatic nitrogens is 4. The van der Waals surface area contributed by atoms with E-state index in [1.54, 1.807) is 38.5 Å². The molecular formula is C23H22N6O3. The minimum Gasteiger partial charge on any atom is -0.461 e. The summed E-state index contributed by atoms with van der Waals surface area (Å²) in [5.74, 6) is 0.338. The topological polar surface area (TPSA) is 116 Å². The molecule has 3 aromatic heterocycles. The number of nitrogen functional groups attached to an aromatic ring is 1. The summed E-state index contributed by atoms with van der Waals surface area (Å²) >= 11 is 0. The van der Waals surface area contributed by atoms with Crippen molar-refractivity contribution in [2.75, 3.05) is 19.8 Å². The zero-order valence-electron chi connectivity index (χ0n) is 17.9. The third-order valence-electron chi connectivity index (χ3n) is 4.85. The summed E-state index contributed by atoms with van der Waals surface area (Å²) in [6.07, 6.45) is 1.61. The largest absolute Gasteiger partial charge is 0.461 e. The molecule has 9 nitrogen and oxygen atoms in total. The van der Waals surface area contributed by atoms with Crippen LogP contribution >= 0.6 is 0 Å². The van der Waals surface area contributed by atoms with E-state index in [1.807, 2.05) is 34.9 Å². The van der Waals surface area contributed by atoms with Crippen LogP contribution in [0.3, 0.4) is 0 Å². The van der Waals surface area contributed by atoms with Gasteiger partial charge in [0.25, 0.3) is 5.91 Å². The molecule has 1 amide bonds. The minimum atomic E-state index is -0.341. The molecule has 0 saturated heterocycles. The number of nitrogens with zero attached hydrogens (tertiary/aromatic N) is 5. The third kappa shape index (κ3) is 4.00. The van der Waals surface area contributed by atoms with Crippen LogP contribution in [-0.4, -0.2) is 50.4 Å².